The van der Waals surface area contributed by atoms with Crippen LogP contribution in [0.25, 0.3) is 0 Å². The molecule has 1 unspecified atom stereocenters. The van der Waals surface area contributed by atoms with Crippen molar-refractivity contribution in [1.29, 1.82) is 0 Å². The maximum Gasteiger partial charge on any atom is 0.0375 e. The van der Waals surface area contributed by atoms with Crippen LogP contribution in [0.4, 0.5) is 5.69 Å². The van der Waals surface area contributed by atoms with Gasteiger partial charge in [0.2, 0.25) is 0 Å². The minimum atomic E-state index is 0.383. The highest BCUT2D eigenvalue weighted by Gasteiger charge is 2.13. The molecule has 0 aromatic heterocycles. The molecule has 3 nitrogen and oxygen atoms in total. The molecule has 0 spiro atoms. The molecule has 1 aliphatic rings. The van der Waals surface area contributed by atoms with E-state index in [-0.39, 0.29) is 0 Å². The number of nitrogens with zero attached hydrogens (tertiary/aromatic N) is 2. The Hall–Kier alpha value is -0.580. The van der Waals surface area contributed by atoms with Gasteiger partial charge in [-0.05, 0) is 57.1 Å². The minimum absolute atomic E-state index is 0.383. The van der Waals surface area contributed by atoms with E-state index in [1.54, 1.807) is 0 Å². The lowest BCUT2D eigenvalue weighted by molar-refractivity contribution is 0.346. The van der Waals surface area contributed by atoms with Crippen LogP contribution in [0.1, 0.15) is 38.3 Å². The number of hydrogen-bond acceptors (Lipinski definition) is 3. The Morgan fingerprint density at radius 1 is 1.33 bits per heavy atom. The quantitative estimate of drug-likeness (QED) is 0.806. The summed E-state index contributed by atoms with van der Waals surface area (Å²) in [5.41, 5.74) is 2.61. The number of halogens is 1. The molecule has 0 bridgehead atoms. The summed E-state index contributed by atoms with van der Waals surface area (Å²) in [6.07, 6.45) is 2.73. The zero-order valence-corrected chi connectivity index (χ0v) is 15.1. The average Bonchev–Trinajstić information content (AvgIpc) is 2.98. The first-order valence-electron chi connectivity index (χ1n) is 8.08. The Bertz CT molecular complexity index is 444. The molecule has 0 radical (unpaired) electrons. The van der Waals surface area contributed by atoms with Gasteiger partial charge in [-0.25, -0.2) is 0 Å². The molecule has 0 saturated carbocycles. The van der Waals surface area contributed by atoms with Crippen LogP contribution in [0.5, 0.6) is 0 Å². The van der Waals surface area contributed by atoms with Gasteiger partial charge in [-0.3, -0.25) is 0 Å². The predicted octanol–water partition coefficient (Wildman–Crippen LogP) is 3.65. The van der Waals surface area contributed by atoms with Crippen LogP contribution in [0.15, 0.2) is 22.7 Å². The van der Waals surface area contributed by atoms with Gasteiger partial charge in [0.25, 0.3) is 0 Å². The van der Waals surface area contributed by atoms with E-state index in [4.69, 9.17) is 0 Å². The third-order valence-corrected chi connectivity index (χ3v) is 5.04. The van der Waals surface area contributed by atoms with Gasteiger partial charge in [0.1, 0.15) is 0 Å². The van der Waals surface area contributed by atoms with Crippen molar-refractivity contribution in [1.82, 2.24) is 10.2 Å². The average molecular weight is 354 g/mol. The van der Waals surface area contributed by atoms with E-state index >= 15 is 0 Å². The summed E-state index contributed by atoms with van der Waals surface area (Å²) in [5, 5.41) is 3.46. The maximum atomic E-state index is 3.73. The van der Waals surface area contributed by atoms with Crippen molar-refractivity contribution in [3.8, 4) is 0 Å². The van der Waals surface area contributed by atoms with E-state index in [9.17, 15) is 0 Å². The Balaban J connectivity index is 1.94. The molecule has 1 fully saturated rings. The summed E-state index contributed by atoms with van der Waals surface area (Å²) in [7, 11) is 2.19. The lowest BCUT2D eigenvalue weighted by atomic mass is 10.1. The molecule has 0 aliphatic carbocycles. The van der Waals surface area contributed by atoms with Gasteiger partial charge >= 0.3 is 0 Å². The smallest absolute Gasteiger partial charge is 0.0375 e. The van der Waals surface area contributed by atoms with E-state index in [0.29, 0.717) is 6.04 Å². The summed E-state index contributed by atoms with van der Waals surface area (Å²) in [5.74, 6) is 0. The van der Waals surface area contributed by atoms with Crippen molar-refractivity contribution in [2.75, 3.05) is 44.7 Å². The van der Waals surface area contributed by atoms with Crippen molar-refractivity contribution < 1.29 is 0 Å². The van der Waals surface area contributed by atoms with Gasteiger partial charge in [0.15, 0.2) is 0 Å². The molecular weight excluding hydrogens is 326 g/mol. The van der Waals surface area contributed by atoms with Crippen molar-refractivity contribution in [3.63, 3.8) is 0 Å². The third kappa shape index (κ3) is 4.70. The fraction of sp³-hybridized carbons (Fsp3) is 0.647. The topological polar surface area (TPSA) is 18.5 Å². The van der Waals surface area contributed by atoms with Crippen LogP contribution in [-0.2, 0) is 0 Å². The zero-order valence-electron chi connectivity index (χ0n) is 13.5. The van der Waals surface area contributed by atoms with E-state index in [0.717, 1.165) is 13.1 Å². The van der Waals surface area contributed by atoms with E-state index in [1.807, 2.05) is 0 Å². The van der Waals surface area contributed by atoms with E-state index in [1.165, 1.54) is 48.2 Å². The lowest BCUT2D eigenvalue weighted by Crippen LogP contribution is -2.31. The summed E-state index contributed by atoms with van der Waals surface area (Å²) < 4.78 is 1.20. The molecule has 21 heavy (non-hydrogen) atoms. The van der Waals surface area contributed by atoms with Crippen molar-refractivity contribution in [2.45, 2.75) is 32.7 Å². The summed E-state index contributed by atoms with van der Waals surface area (Å²) in [4.78, 5) is 4.91. The first-order chi connectivity index (χ1) is 10.1. The summed E-state index contributed by atoms with van der Waals surface area (Å²) >= 11 is 3.73. The molecule has 4 heteroatoms. The molecule has 1 atom stereocenters. The van der Waals surface area contributed by atoms with Gasteiger partial charge in [-0.15, -0.1) is 0 Å². The number of hydrogen-bond donors (Lipinski definition) is 1. The fourth-order valence-electron chi connectivity index (χ4n) is 2.95. The van der Waals surface area contributed by atoms with Gasteiger partial charge in [0, 0.05) is 36.3 Å². The highest BCUT2D eigenvalue weighted by molar-refractivity contribution is 9.10. The number of likely N-dealkylation sites (tertiary alicyclic amines) is 1. The molecule has 1 aromatic rings. The molecular formula is C17H28BrN3. The molecule has 2 rings (SSSR count). The molecule has 1 saturated heterocycles. The SMILES string of the molecule is CCNC(C)c1ccc(N(C)CCN2CCCC2)cc1Br. The Morgan fingerprint density at radius 3 is 2.67 bits per heavy atom. The highest BCUT2D eigenvalue weighted by atomic mass is 79.9. The largest absolute Gasteiger partial charge is 0.373 e. The van der Waals surface area contributed by atoms with Crippen LogP contribution >= 0.6 is 15.9 Å². The second kappa shape index (κ2) is 8.16. The Kier molecular flexibility index (Phi) is 6.52. The van der Waals surface area contributed by atoms with E-state index < -0.39 is 0 Å². The maximum absolute atomic E-state index is 3.73. The summed E-state index contributed by atoms with van der Waals surface area (Å²) in [6, 6.07) is 7.10. The van der Waals surface area contributed by atoms with Gasteiger partial charge in [0.05, 0.1) is 0 Å². The third-order valence-electron chi connectivity index (χ3n) is 4.35. The highest BCUT2D eigenvalue weighted by Crippen LogP contribution is 2.28. The number of anilines is 1. The van der Waals surface area contributed by atoms with Crippen LogP contribution in [-0.4, -0.2) is 44.7 Å². The van der Waals surface area contributed by atoms with Gasteiger partial charge in [-0.1, -0.05) is 28.9 Å². The minimum Gasteiger partial charge on any atom is -0.373 e. The zero-order chi connectivity index (χ0) is 15.2. The number of nitrogens with one attached hydrogen (secondary N) is 1. The fourth-order valence-corrected chi connectivity index (χ4v) is 3.66. The molecule has 1 N–H and O–H groups in total. The summed E-state index contributed by atoms with van der Waals surface area (Å²) in [6.45, 7) is 10.2. The second-order valence-corrected chi connectivity index (χ2v) is 6.81. The van der Waals surface area contributed by atoms with Crippen molar-refractivity contribution >= 4 is 21.6 Å². The van der Waals surface area contributed by atoms with Crippen LogP contribution in [0.3, 0.4) is 0 Å². The van der Waals surface area contributed by atoms with Gasteiger partial charge in [-0.2, -0.15) is 0 Å². The predicted molar refractivity (Wildman–Crippen MR) is 95.2 cm³/mol. The van der Waals surface area contributed by atoms with Crippen LogP contribution in [0.2, 0.25) is 0 Å². The Labute approximate surface area is 137 Å². The normalized spacial score (nSPS) is 17.1. The first-order valence-corrected chi connectivity index (χ1v) is 8.87. The van der Waals surface area contributed by atoms with Crippen molar-refractivity contribution in [3.05, 3.63) is 28.2 Å². The second-order valence-electron chi connectivity index (χ2n) is 5.96. The number of likely N-dealkylation sites (N-methyl/N-ethyl adjacent to an activating group) is 1. The first kappa shape index (κ1) is 16.8. The molecule has 1 aliphatic heterocycles. The van der Waals surface area contributed by atoms with Crippen LogP contribution < -0.4 is 10.2 Å². The molecule has 0 amide bonds. The van der Waals surface area contributed by atoms with Crippen molar-refractivity contribution in [2.24, 2.45) is 0 Å². The van der Waals surface area contributed by atoms with Crippen LogP contribution in [0, 0.1) is 0 Å². The molecule has 1 aromatic carbocycles. The molecule has 118 valence electrons. The number of benzene rings is 1. The lowest BCUT2D eigenvalue weighted by Gasteiger charge is -2.24. The molecule has 1 heterocycles. The Morgan fingerprint density at radius 2 is 2.05 bits per heavy atom. The monoisotopic (exact) mass is 353 g/mol. The van der Waals surface area contributed by atoms with Gasteiger partial charge < -0.3 is 15.1 Å². The number of rotatable bonds is 7. The van der Waals surface area contributed by atoms with E-state index in [2.05, 4.69) is 70.1 Å². The standard InChI is InChI=1S/C17H28BrN3/c1-4-19-14(2)16-8-7-15(13-17(16)18)20(3)11-12-21-9-5-6-10-21/h7-8,13-14,19H,4-6,9-12H2,1-3H3.